The second kappa shape index (κ2) is 5.85. The Kier molecular flexibility index (Phi) is 4.44. The number of ether oxygens (including phenoxy) is 1. The summed E-state index contributed by atoms with van der Waals surface area (Å²) in [4.78, 5) is 21.4. The fourth-order valence-corrected chi connectivity index (χ4v) is 1.43. The number of methoxy groups -OCH3 is 1. The average molecular weight is 223 g/mol. The van der Waals surface area contributed by atoms with Crippen LogP contribution < -0.4 is 0 Å². The zero-order valence-corrected chi connectivity index (χ0v) is 8.96. The summed E-state index contributed by atoms with van der Waals surface area (Å²) < 4.78 is 4.45. The van der Waals surface area contributed by atoms with Crippen LogP contribution in [0.25, 0.3) is 0 Å². The van der Waals surface area contributed by atoms with Crippen molar-refractivity contribution in [2.75, 3.05) is 7.11 Å². The van der Waals surface area contributed by atoms with Gasteiger partial charge in [-0.15, -0.1) is 0 Å². The number of benzene rings is 1. The van der Waals surface area contributed by atoms with Crippen LogP contribution in [-0.2, 0) is 9.53 Å². The maximum Gasteiger partial charge on any atom is 0.305 e. The lowest BCUT2D eigenvalue weighted by atomic mass is 10.0. The molecule has 86 valence electrons. The van der Waals surface area contributed by atoms with E-state index in [2.05, 4.69) is 4.74 Å². The Labute approximate surface area is 93.2 Å². The number of nitro groups is 1. The standard InChI is InChI=1S/C11H13NO4/c1-16-11(13)8-7-10(12(14)15)9-5-3-2-4-6-9/h2-6,10H,7-8H2,1H3. The van der Waals surface area contributed by atoms with Crippen LogP contribution in [0.3, 0.4) is 0 Å². The van der Waals surface area contributed by atoms with E-state index in [0.717, 1.165) is 0 Å². The third-order valence-corrected chi connectivity index (χ3v) is 2.29. The van der Waals surface area contributed by atoms with Crippen molar-refractivity contribution in [3.8, 4) is 0 Å². The van der Waals surface area contributed by atoms with Crippen molar-refractivity contribution in [1.82, 2.24) is 0 Å². The highest BCUT2D eigenvalue weighted by Gasteiger charge is 2.23. The van der Waals surface area contributed by atoms with Gasteiger partial charge in [0, 0.05) is 16.9 Å². The molecule has 0 saturated carbocycles. The third kappa shape index (κ3) is 3.34. The van der Waals surface area contributed by atoms with Crippen LogP contribution >= 0.6 is 0 Å². The summed E-state index contributed by atoms with van der Waals surface area (Å²) in [6.07, 6.45) is 0.209. The molecular weight excluding hydrogens is 210 g/mol. The van der Waals surface area contributed by atoms with E-state index in [1.807, 2.05) is 0 Å². The van der Waals surface area contributed by atoms with Crippen LogP contribution in [0.5, 0.6) is 0 Å². The molecule has 5 heteroatoms. The summed E-state index contributed by atoms with van der Waals surface area (Å²) >= 11 is 0. The number of hydrogen-bond donors (Lipinski definition) is 0. The first-order valence-electron chi connectivity index (χ1n) is 4.90. The molecule has 0 spiro atoms. The van der Waals surface area contributed by atoms with Crippen LogP contribution in [-0.4, -0.2) is 18.0 Å². The van der Waals surface area contributed by atoms with Crippen molar-refractivity contribution in [2.45, 2.75) is 18.9 Å². The molecule has 5 nitrogen and oxygen atoms in total. The van der Waals surface area contributed by atoms with Gasteiger partial charge in [-0.25, -0.2) is 0 Å². The molecule has 0 aromatic heterocycles. The molecule has 0 heterocycles. The number of carbonyl (C=O) groups is 1. The number of rotatable bonds is 5. The molecule has 1 unspecified atom stereocenters. The number of esters is 1. The minimum absolute atomic E-state index is 0.0526. The van der Waals surface area contributed by atoms with E-state index in [4.69, 9.17) is 0 Å². The van der Waals surface area contributed by atoms with E-state index < -0.39 is 12.0 Å². The monoisotopic (exact) mass is 223 g/mol. The van der Waals surface area contributed by atoms with Crippen LogP contribution in [0.4, 0.5) is 0 Å². The SMILES string of the molecule is COC(=O)CCC(c1ccccc1)[N+](=O)[O-]. The van der Waals surface area contributed by atoms with Gasteiger partial charge in [-0.05, 0) is 0 Å². The van der Waals surface area contributed by atoms with Gasteiger partial charge in [0.25, 0.3) is 0 Å². The van der Waals surface area contributed by atoms with Crippen molar-refractivity contribution in [3.63, 3.8) is 0 Å². The van der Waals surface area contributed by atoms with Crippen LogP contribution in [0, 0.1) is 10.1 Å². The van der Waals surface area contributed by atoms with E-state index in [1.165, 1.54) is 7.11 Å². The lowest BCUT2D eigenvalue weighted by Crippen LogP contribution is -2.13. The molecule has 0 saturated heterocycles. The molecule has 0 aliphatic rings. The predicted molar refractivity (Wildman–Crippen MR) is 57.4 cm³/mol. The molecule has 1 atom stereocenters. The van der Waals surface area contributed by atoms with Crippen molar-refractivity contribution in [2.24, 2.45) is 0 Å². The molecule has 0 amide bonds. The normalized spacial score (nSPS) is 11.8. The fourth-order valence-electron chi connectivity index (χ4n) is 1.43. The fraction of sp³-hybridized carbons (Fsp3) is 0.364. The lowest BCUT2D eigenvalue weighted by Gasteiger charge is -2.08. The van der Waals surface area contributed by atoms with Gasteiger partial charge < -0.3 is 4.74 Å². The van der Waals surface area contributed by atoms with Crippen LogP contribution in [0.2, 0.25) is 0 Å². The Morgan fingerprint density at radius 3 is 2.56 bits per heavy atom. The molecule has 0 bridgehead atoms. The number of hydrogen-bond acceptors (Lipinski definition) is 4. The number of nitrogens with zero attached hydrogens (tertiary/aromatic N) is 1. The second-order valence-corrected chi connectivity index (χ2v) is 3.33. The lowest BCUT2D eigenvalue weighted by molar-refractivity contribution is -0.529. The minimum Gasteiger partial charge on any atom is -0.469 e. The van der Waals surface area contributed by atoms with Gasteiger partial charge in [-0.2, -0.15) is 0 Å². The zero-order chi connectivity index (χ0) is 12.0. The molecule has 0 aliphatic carbocycles. The smallest absolute Gasteiger partial charge is 0.305 e. The van der Waals surface area contributed by atoms with Gasteiger partial charge in [0.05, 0.1) is 13.5 Å². The van der Waals surface area contributed by atoms with Crippen molar-refractivity contribution in [1.29, 1.82) is 0 Å². The molecule has 1 rings (SSSR count). The molecular formula is C11H13NO4. The van der Waals surface area contributed by atoms with E-state index in [0.29, 0.717) is 5.56 Å². The molecule has 0 N–H and O–H groups in total. The third-order valence-electron chi connectivity index (χ3n) is 2.29. The van der Waals surface area contributed by atoms with Crippen LogP contribution in [0.1, 0.15) is 24.4 Å². The number of carbonyl (C=O) groups excluding carboxylic acids is 1. The van der Waals surface area contributed by atoms with Gasteiger partial charge in [0.15, 0.2) is 0 Å². The first kappa shape index (κ1) is 12.2. The second-order valence-electron chi connectivity index (χ2n) is 3.33. The first-order chi connectivity index (χ1) is 7.65. The highest BCUT2D eigenvalue weighted by Crippen LogP contribution is 2.21. The molecule has 0 radical (unpaired) electrons. The van der Waals surface area contributed by atoms with Gasteiger partial charge in [0.1, 0.15) is 0 Å². The van der Waals surface area contributed by atoms with Crippen molar-refractivity contribution in [3.05, 3.63) is 46.0 Å². The molecule has 0 fully saturated rings. The van der Waals surface area contributed by atoms with Gasteiger partial charge in [0.2, 0.25) is 6.04 Å². The van der Waals surface area contributed by atoms with E-state index >= 15 is 0 Å². The van der Waals surface area contributed by atoms with Gasteiger partial charge >= 0.3 is 5.97 Å². The molecule has 1 aromatic carbocycles. The van der Waals surface area contributed by atoms with Crippen LogP contribution in [0.15, 0.2) is 30.3 Å². The maximum atomic E-state index is 10.9. The van der Waals surface area contributed by atoms with E-state index in [9.17, 15) is 14.9 Å². The first-order valence-corrected chi connectivity index (χ1v) is 4.90. The Hall–Kier alpha value is -1.91. The largest absolute Gasteiger partial charge is 0.469 e. The topological polar surface area (TPSA) is 69.4 Å². The summed E-state index contributed by atoms with van der Waals surface area (Å²) in [6.45, 7) is 0. The Morgan fingerprint density at radius 2 is 2.06 bits per heavy atom. The summed E-state index contributed by atoms with van der Waals surface area (Å²) in [5.74, 6) is -0.428. The molecule has 1 aromatic rings. The van der Waals surface area contributed by atoms with Gasteiger partial charge in [-0.3, -0.25) is 14.9 Å². The van der Waals surface area contributed by atoms with Gasteiger partial charge in [-0.1, -0.05) is 30.3 Å². The summed E-state index contributed by atoms with van der Waals surface area (Å²) in [7, 11) is 1.27. The highest BCUT2D eigenvalue weighted by atomic mass is 16.6. The van der Waals surface area contributed by atoms with Crippen molar-refractivity contribution < 1.29 is 14.5 Å². The molecule has 0 aliphatic heterocycles. The minimum atomic E-state index is -0.847. The average Bonchev–Trinajstić information content (AvgIpc) is 2.30. The Morgan fingerprint density at radius 1 is 1.44 bits per heavy atom. The highest BCUT2D eigenvalue weighted by molar-refractivity contribution is 5.69. The maximum absolute atomic E-state index is 10.9. The summed E-state index contributed by atoms with van der Waals surface area (Å²) in [5, 5.41) is 10.9. The van der Waals surface area contributed by atoms with Crippen molar-refractivity contribution >= 4 is 5.97 Å². The zero-order valence-electron chi connectivity index (χ0n) is 8.96. The quantitative estimate of drug-likeness (QED) is 0.434. The van der Waals surface area contributed by atoms with E-state index in [-0.39, 0.29) is 17.8 Å². The summed E-state index contributed by atoms with van der Waals surface area (Å²) in [5.41, 5.74) is 0.608. The summed E-state index contributed by atoms with van der Waals surface area (Å²) in [6, 6.07) is 7.80. The molecule has 16 heavy (non-hydrogen) atoms. The Bertz CT molecular complexity index is 364. The Balaban J connectivity index is 2.69. The van der Waals surface area contributed by atoms with E-state index in [1.54, 1.807) is 30.3 Å². The predicted octanol–water partition coefficient (Wildman–Crippen LogP) is 1.96.